The summed E-state index contributed by atoms with van der Waals surface area (Å²) in [6.07, 6.45) is 3.68. The Labute approximate surface area is 442 Å². The van der Waals surface area contributed by atoms with Crippen molar-refractivity contribution in [1.82, 2.24) is 49.6 Å². The topological polar surface area (TPSA) is 189 Å². The Morgan fingerprint density at radius 1 is 0.800 bits per heavy atom. The van der Waals surface area contributed by atoms with Crippen molar-refractivity contribution in [2.75, 3.05) is 108 Å². The highest BCUT2D eigenvalue weighted by atomic mass is 35.5. The highest BCUT2D eigenvalue weighted by Crippen LogP contribution is 2.39. The molecule has 0 radical (unpaired) electrons. The molecular weight excluding hydrogens is 972 g/mol. The number of rotatable bonds is 15. The fourth-order valence-corrected chi connectivity index (χ4v) is 11.2. The van der Waals surface area contributed by atoms with Gasteiger partial charge in [-0.05, 0) is 85.6 Å². The highest BCUT2D eigenvalue weighted by molar-refractivity contribution is 6.36. The van der Waals surface area contributed by atoms with Gasteiger partial charge in [0, 0.05) is 113 Å². The number of phenolic OH excluding ortho intramolecular Hbond substituents is 2. The highest BCUT2D eigenvalue weighted by Gasteiger charge is 2.33. The minimum Gasteiger partial charge on any atom is -0.508 e. The number of carbonyl (C=O) groups is 3. The van der Waals surface area contributed by atoms with E-state index in [1.165, 1.54) is 12.1 Å². The number of para-hydroxylation sites is 1. The van der Waals surface area contributed by atoms with Crippen LogP contribution in [0.1, 0.15) is 60.0 Å². The predicted molar refractivity (Wildman–Crippen MR) is 289 cm³/mol. The molecule has 392 valence electrons. The van der Waals surface area contributed by atoms with Gasteiger partial charge < -0.3 is 39.9 Å². The van der Waals surface area contributed by atoms with Crippen LogP contribution in [0, 0.1) is 5.92 Å². The Balaban J connectivity index is 0.705. The van der Waals surface area contributed by atoms with Gasteiger partial charge in [0.15, 0.2) is 5.82 Å². The van der Waals surface area contributed by atoms with Crippen LogP contribution in [-0.4, -0.2) is 171 Å². The van der Waals surface area contributed by atoms with E-state index in [1.54, 1.807) is 10.6 Å². The van der Waals surface area contributed by atoms with Crippen LogP contribution in [0.3, 0.4) is 0 Å². The minimum absolute atomic E-state index is 0.0153. The molecule has 4 aliphatic heterocycles. The van der Waals surface area contributed by atoms with Gasteiger partial charge in [-0.15, -0.1) is 10.2 Å². The van der Waals surface area contributed by atoms with Crippen LogP contribution in [0.5, 0.6) is 17.5 Å². The van der Waals surface area contributed by atoms with E-state index >= 15 is 0 Å². The number of carbonyl (C=O) groups excluding carboxylic acids is 3. The number of amides is 3. The van der Waals surface area contributed by atoms with E-state index < -0.39 is 5.91 Å². The van der Waals surface area contributed by atoms with Gasteiger partial charge in [-0.25, -0.2) is 0 Å². The number of nitrogens with zero attached hydrogens (tertiary/aromatic N) is 11. The number of piperidine rings is 1. The number of ether oxygens (including phenoxy) is 1. The van der Waals surface area contributed by atoms with Crippen molar-refractivity contribution in [3.63, 3.8) is 0 Å². The molecule has 2 aromatic heterocycles. The van der Waals surface area contributed by atoms with Crippen LogP contribution in [-0.2, 0) is 22.6 Å². The van der Waals surface area contributed by atoms with Crippen molar-refractivity contribution in [3.8, 4) is 34.6 Å². The summed E-state index contributed by atoms with van der Waals surface area (Å²) < 4.78 is 8.00. The van der Waals surface area contributed by atoms with Crippen LogP contribution in [0.25, 0.3) is 27.8 Å². The van der Waals surface area contributed by atoms with E-state index in [-0.39, 0.29) is 46.8 Å². The van der Waals surface area contributed by atoms with E-state index in [0.717, 1.165) is 72.4 Å². The third-order valence-corrected chi connectivity index (χ3v) is 15.4. The Morgan fingerprint density at radius 3 is 2.25 bits per heavy atom. The zero-order valence-electron chi connectivity index (χ0n) is 42.7. The number of hydrogen-bond donors (Lipinski definition) is 3. The molecule has 3 N–H and O–H groups in total. The molecule has 0 bridgehead atoms. The molecule has 3 amide bonds. The first-order valence-electron chi connectivity index (χ1n) is 26.1. The number of fused-ring (bicyclic) bond motifs is 2. The Kier molecular flexibility index (Phi) is 15.5. The fourth-order valence-electron chi connectivity index (χ4n) is 10.9. The molecule has 10 rings (SSSR count). The number of aromatic nitrogens is 5. The molecular formula is C56H65ClN12O6. The second kappa shape index (κ2) is 22.7. The summed E-state index contributed by atoms with van der Waals surface area (Å²) in [7, 11) is 0. The van der Waals surface area contributed by atoms with Crippen LogP contribution in [0.15, 0.2) is 91.5 Å². The third kappa shape index (κ3) is 11.1. The third-order valence-electron chi connectivity index (χ3n) is 15.1. The number of benzene rings is 4. The molecule has 3 saturated heterocycles. The Morgan fingerprint density at radius 2 is 1.52 bits per heavy atom. The number of nitrogens with one attached hydrogen (secondary N) is 1. The molecule has 3 fully saturated rings. The first kappa shape index (κ1) is 51.2. The van der Waals surface area contributed by atoms with Crippen molar-refractivity contribution in [1.29, 1.82) is 0 Å². The molecule has 6 heterocycles. The van der Waals surface area contributed by atoms with Gasteiger partial charge in [0.25, 0.3) is 5.91 Å². The summed E-state index contributed by atoms with van der Waals surface area (Å²) in [6, 6.07) is 24.8. The molecule has 18 nitrogen and oxygen atoms in total. The first-order valence-corrected chi connectivity index (χ1v) is 26.5. The van der Waals surface area contributed by atoms with Gasteiger partial charge in [-0.2, -0.15) is 9.97 Å². The van der Waals surface area contributed by atoms with Gasteiger partial charge >= 0.3 is 6.01 Å². The maximum Gasteiger partial charge on any atom is 0.318 e. The fraction of sp³-hybridized carbons (Fsp3) is 0.411. The zero-order valence-corrected chi connectivity index (χ0v) is 43.5. The Hall–Kier alpha value is -7.28. The molecule has 4 aliphatic rings. The SMILES string of the molecule is C=CC(=O)N1CCN(c2nc(OCCN3CCC(C(=O)N4CCN(CCNC(=O)c5nnc(-c6cc(C(C)C)c(O)cc6O)n5-c5ccccc5)CC4)CC3)nc3c2CCN(c2cccc4cccc(Cl)c24)C3)CC1. The van der Waals surface area contributed by atoms with Gasteiger partial charge in [0.05, 0.1) is 22.8 Å². The van der Waals surface area contributed by atoms with Gasteiger partial charge in [0.2, 0.25) is 17.6 Å². The smallest absolute Gasteiger partial charge is 0.318 e. The van der Waals surface area contributed by atoms with Crippen molar-refractivity contribution < 1.29 is 29.3 Å². The van der Waals surface area contributed by atoms with Crippen molar-refractivity contribution in [2.24, 2.45) is 5.92 Å². The molecule has 0 atom stereocenters. The monoisotopic (exact) mass is 1040 g/mol. The van der Waals surface area contributed by atoms with E-state index in [2.05, 4.69) is 66.0 Å². The molecule has 0 aliphatic carbocycles. The van der Waals surface area contributed by atoms with Crippen LogP contribution in [0.4, 0.5) is 11.5 Å². The minimum atomic E-state index is -0.409. The molecule has 0 saturated carbocycles. The molecule has 75 heavy (non-hydrogen) atoms. The summed E-state index contributed by atoms with van der Waals surface area (Å²) in [5, 5.41) is 35.8. The lowest BCUT2D eigenvalue weighted by atomic mass is 9.95. The first-order chi connectivity index (χ1) is 36.4. The summed E-state index contributed by atoms with van der Waals surface area (Å²) in [5.41, 5.74) is 4.75. The standard InChI is InChI=1S/C56H65ClN12O6/c1-4-49(72)65-28-30-66(31-29-65)51-41-18-22-68(46-15-9-11-38-10-8-14-44(57)50(38)46)36-45(41)59-56(60-51)75-33-32-63-20-16-39(17-21-63)55(74)67-26-24-64(25-27-67)23-19-58-54(73)53-62-61-52(69(53)40-12-6-5-7-13-40)43-34-42(37(2)3)47(70)35-48(43)71/h4-15,34-35,37,39,70-71H,1,16-33,36H2,2-3H3,(H,58,73). The van der Waals surface area contributed by atoms with Gasteiger partial charge in [-0.1, -0.05) is 74.5 Å². The molecule has 0 unspecified atom stereocenters. The van der Waals surface area contributed by atoms with Crippen LogP contribution < -0.4 is 19.9 Å². The van der Waals surface area contributed by atoms with Gasteiger partial charge in [0.1, 0.15) is 23.9 Å². The van der Waals surface area contributed by atoms with Crippen molar-refractivity contribution in [3.05, 3.63) is 119 Å². The lowest BCUT2D eigenvalue weighted by molar-refractivity contribution is -0.138. The summed E-state index contributed by atoms with van der Waals surface area (Å²) in [6.45, 7) is 17.7. The molecule has 6 aromatic rings. The number of halogens is 1. The average molecular weight is 1040 g/mol. The summed E-state index contributed by atoms with van der Waals surface area (Å²) >= 11 is 6.78. The zero-order chi connectivity index (χ0) is 52.2. The van der Waals surface area contributed by atoms with E-state index in [4.69, 9.17) is 26.3 Å². The molecule has 4 aromatic carbocycles. The Bertz CT molecular complexity index is 3050. The quantitative estimate of drug-likeness (QED) is 0.0998. The van der Waals surface area contributed by atoms with Crippen molar-refractivity contribution >= 4 is 51.6 Å². The van der Waals surface area contributed by atoms with E-state index in [1.807, 2.05) is 66.1 Å². The summed E-state index contributed by atoms with van der Waals surface area (Å²) in [4.78, 5) is 63.0. The van der Waals surface area contributed by atoms with Crippen molar-refractivity contribution in [2.45, 2.75) is 45.6 Å². The normalized spacial score (nSPS) is 16.9. The lowest BCUT2D eigenvalue weighted by Crippen LogP contribution is -2.52. The van der Waals surface area contributed by atoms with E-state index in [0.29, 0.717) is 113 Å². The lowest BCUT2D eigenvalue weighted by Gasteiger charge is -2.38. The van der Waals surface area contributed by atoms with E-state index in [9.17, 15) is 24.6 Å². The number of phenols is 2. The van der Waals surface area contributed by atoms with Crippen LogP contribution >= 0.6 is 11.6 Å². The average Bonchev–Trinajstić information content (AvgIpc) is 3.89. The largest absolute Gasteiger partial charge is 0.508 e. The number of hydrogen-bond acceptors (Lipinski definition) is 14. The number of anilines is 2. The number of aromatic hydroxyl groups is 2. The molecule has 0 spiro atoms. The van der Waals surface area contributed by atoms with Gasteiger partial charge in [-0.3, -0.25) is 28.8 Å². The number of piperazine rings is 2. The maximum absolute atomic E-state index is 13.8. The van der Waals surface area contributed by atoms with Crippen LogP contribution in [0.2, 0.25) is 5.02 Å². The number of likely N-dealkylation sites (tertiary alicyclic amines) is 1. The summed E-state index contributed by atoms with van der Waals surface area (Å²) in [5.74, 6) is 0.717. The maximum atomic E-state index is 13.8. The molecule has 19 heteroatoms. The predicted octanol–water partition coefficient (Wildman–Crippen LogP) is 6.13. The second-order valence-corrected chi connectivity index (χ2v) is 20.5. The second-order valence-electron chi connectivity index (χ2n) is 20.0.